The zero-order valence-electron chi connectivity index (χ0n) is 11.1. The van der Waals surface area contributed by atoms with Gasteiger partial charge in [0, 0.05) is 35.5 Å². The van der Waals surface area contributed by atoms with Crippen LogP contribution >= 0.6 is 27.7 Å². The van der Waals surface area contributed by atoms with Crippen LogP contribution in [0.25, 0.3) is 0 Å². The van der Waals surface area contributed by atoms with E-state index in [-0.39, 0.29) is 5.91 Å². The molecule has 1 saturated heterocycles. The highest BCUT2D eigenvalue weighted by atomic mass is 79.9. The van der Waals surface area contributed by atoms with Gasteiger partial charge in [-0.15, -0.1) is 11.8 Å². The second-order valence-corrected chi connectivity index (χ2v) is 6.52. The van der Waals surface area contributed by atoms with Gasteiger partial charge in [0.2, 0.25) is 5.91 Å². The Balaban J connectivity index is 1.77. The summed E-state index contributed by atoms with van der Waals surface area (Å²) in [4.78, 5) is 17.6. The van der Waals surface area contributed by atoms with E-state index in [4.69, 9.17) is 0 Å². The van der Waals surface area contributed by atoms with E-state index in [9.17, 15) is 4.79 Å². The number of piperazine rings is 1. The third kappa shape index (κ3) is 4.51. The lowest BCUT2D eigenvalue weighted by atomic mass is 10.3. The average Bonchev–Trinajstić information content (AvgIpc) is 2.46. The predicted octanol–water partition coefficient (Wildman–Crippen LogP) is 2.71. The van der Waals surface area contributed by atoms with Crippen molar-refractivity contribution in [2.24, 2.45) is 0 Å². The minimum atomic E-state index is 0.253. The molecule has 0 bridgehead atoms. The predicted molar refractivity (Wildman–Crippen MR) is 83.6 cm³/mol. The molecule has 1 fully saturated rings. The first kappa shape index (κ1) is 14.9. The highest BCUT2D eigenvalue weighted by molar-refractivity contribution is 9.10. The van der Waals surface area contributed by atoms with Crippen molar-refractivity contribution >= 4 is 33.6 Å². The van der Waals surface area contributed by atoms with E-state index in [1.54, 1.807) is 11.8 Å². The van der Waals surface area contributed by atoms with Crippen LogP contribution in [0, 0.1) is 0 Å². The lowest BCUT2D eigenvalue weighted by Gasteiger charge is -2.34. The Hall–Kier alpha value is -0.520. The van der Waals surface area contributed by atoms with E-state index in [1.165, 1.54) is 0 Å². The fourth-order valence-corrected chi connectivity index (χ4v) is 3.15. The minimum absolute atomic E-state index is 0.253. The van der Waals surface area contributed by atoms with Gasteiger partial charge >= 0.3 is 0 Å². The Labute approximate surface area is 127 Å². The molecular weight excluding hydrogens is 324 g/mol. The number of hydrogen-bond acceptors (Lipinski definition) is 3. The molecule has 0 N–H and O–H groups in total. The second-order valence-electron chi connectivity index (χ2n) is 4.56. The summed E-state index contributed by atoms with van der Waals surface area (Å²) in [5, 5.41) is 0. The van der Waals surface area contributed by atoms with Crippen LogP contribution in [0.5, 0.6) is 0 Å². The van der Waals surface area contributed by atoms with Gasteiger partial charge in [0.25, 0.3) is 0 Å². The molecule has 0 spiro atoms. The number of carbonyl (C=O) groups is 1. The second kappa shape index (κ2) is 7.31. The van der Waals surface area contributed by atoms with Crippen molar-refractivity contribution in [1.82, 2.24) is 9.80 Å². The lowest BCUT2D eigenvalue weighted by Crippen LogP contribution is -2.49. The van der Waals surface area contributed by atoms with Crippen LogP contribution in [-0.2, 0) is 4.79 Å². The van der Waals surface area contributed by atoms with Crippen LogP contribution < -0.4 is 0 Å². The summed E-state index contributed by atoms with van der Waals surface area (Å²) in [7, 11) is 0. The van der Waals surface area contributed by atoms with Gasteiger partial charge in [-0.2, -0.15) is 0 Å². The zero-order valence-corrected chi connectivity index (χ0v) is 13.5. The lowest BCUT2D eigenvalue weighted by molar-refractivity contribution is -0.130. The van der Waals surface area contributed by atoms with Crippen LogP contribution in [0.4, 0.5) is 0 Å². The summed E-state index contributed by atoms with van der Waals surface area (Å²) in [6.45, 7) is 6.99. The summed E-state index contributed by atoms with van der Waals surface area (Å²) in [6, 6.07) is 8.09. The first-order chi connectivity index (χ1) is 9.19. The van der Waals surface area contributed by atoms with Crippen molar-refractivity contribution in [1.29, 1.82) is 0 Å². The standard InChI is InChI=1S/C14H19BrN2OS/c1-2-16-7-9-17(10-8-16)14(18)11-19-13-5-3-12(15)4-6-13/h3-6H,2,7-11H2,1H3. The van der Waals surface area contributed by atoms with Crippen molar-refractivity contribution in [3.05, 3.63) is 28.7 Å². The Morgan fingerprint density at radius 1 is 1.21 bits per heavy atom. The molecule has 3 nitrogen and oxygen atoms in total. The van der Waals surface area contributed by atoms with Crippen molar-refractivity contribution in [2.75, 3.05) is 38.5 Å². The maximum absolute atomic E-state index is 12.1. The molecular formula is C14H19BrN2OS. The third-order valence-electron chi connectivity index (χ3n) is 3.35. The summed E-state index contributed by atoms with van der Waals surface area (Å²) in [5.74, 6) is 0.789. The number of thioether (sulfide) groups is 1. The molecule has 0 aromatic heterocycles. The van der Waals surface area contributed by atoms with Gasteiger partial charge in [0.1, 0.15) is 0 Å². The molecule has 0 saturated carbocycles. The quantitative estimate of drug-likeness (QED) is 0.786. The molecule has 5 heteroatoms. The van der Waals surface area contributed by atoms with Crippen molar-refractivity contribution in [3.63, 3.8) is 0 Å². The molecule has 0 atom stereocenters. The fourth-order valence-electron chi connectivity index (χ4n) is 2.08. The van der Waals surface area contributed by atoms with Gasteiger partial charge in [0.15, 0.2) is 0 Å². The first-order valence-electron chi connectivity index (χ1n) is 6.57. The Morgan fingerprint density at radius 3 is 2.42 bits per heavy atom. The number of rotatable bonds is 4. The molecule has 0 unspecified atom stereocenters. The van der Waals surface area contributed by atoms with Gasteiger partial charge < -0.3 is 9.80 Å². The molecule has 1 aromatic carbocycles. The van der Waals surface area contributed by atoms with E-state index in [0.717, 1.165) is 42.1 Å². The van der Waals surface area contributed by atoms with Crippen LogP contribution in [-0.4, -0.2) is 54.2 Å². The summed E-state index contributed by atoms with van der Waals surface area (Å²) in [5.41, 5.74) is 0. The Morgan fingerprint density at radius 2 is 1.84 bits per heavy atom. The fraction of sp³-hybridized carbons (Fsp3) is 0.500. The van der Waals surface area contributed by atoms with Gasteiger partial charge in [-0.05, 0) is 30.8 Å². The minimum Gasteiger partial charge on any atom is -0.339 e. The molecule has 0 aliphatic carbocycles. The molecule has 1 amide bonds. The number of amides is 1. The highest BCUT2D eigenvalue weighted by Gasteiger charge is 2.19. The number of carbonyl (C=O) groups excluding carboxylic acids is 1. The van der Waals surface area contributed by atoms with E-state index < -0.39 is 0 Å². The van der Waals surface area contributed by atoms with Crippen LogP contribution in [0.2, 0.25) is 0 Å². The van der Waals surface area contributed by atoms with Crippen LogP contribution in [0.15, 0.2) is 33.6 Å². The zero-order chi connectivity index (χ0) is 13.7. The maximum Gasteiger partial charge on any atom is 0.233 e. The maximum atomic E-state index is 12.1. The topological polar surface area (TPSA) is 23.6 Å². The van der Waals surface area contributed by atoms with Crippen LogP contribution in [0.1, 0.15) is 6.92 Å². The third-order valence-corrected chi connectivity index (χ3v) is 4.87. The van der Waals surface area contributed by atoms with E-state index in [2.05, 4.69) is 27.8 Å². The number of nitrogens with zero attached hydrogens (tertiary/aromatic N) is 2. The summed E-state index contributed by atoms with van der Waals surface area (Å²) < 4.78 is 1.07. The molecule has 104 valence electrons. The molecule has 0 radical (unpaired) electrons. The molecule has 1 heterocycles. The number of likely N-dealkylation sites (N-methyl/N-ethyl adjacent to an activating group) is 1. The van der Waals surface area contributed by atoms with E-state index >= 15 is 0 Å². The monoisotopic (exact) mass is 342 g/mol. The van der Waals surface area contributed by atoms with Gasteiger partial charge in [-0.3, -0.25) is 4.79 Å². The van der Waals surface area contributed by atoms with Gasteiger partial charge in [-0.1, -0.05) is 22.9 Å². The number of halogens is 1. The van der Waals surface area contributed by atoms with E-state index in [0.29, 0.717) is 5.75 Å². The van der Waals surface area contributed by atoms with Gasteiger partial charge in [0.05, 0.1) is 5.75 Å². The molecule has 2 rings (SSSR count). The normalized spacial score (nSPS) is 16.6. The smallest absolute Gasteiger partial charge is 0.233 e. The molecule has 1 aliphatic heterocycles. The number of benzene rings is 1. The van der Waals surface area contributed by atoms with E-state index in [1.807, 2.05) is 29.2 Å². The summed E-state index contributed by atoms with van der Waals surface area (Å²) >= 11 is 5.02. The van der Waals surface area contributed by atoms with Crippen molar-refractivity contribution in [2.45, 2.75) is 11.8 Å². The largest absolute Gasteiger partial charge is 0.339 e. The molecule has 1 aromatic rings. The first-order valence-corrected chi connectivity index (χ1v) is 8.35. The Kier molecular flexibility index (Phi) is 5.73. The number of hydrogen-bond donors (Lipinski definition) is 0. The van der Waals surface area contributed by atoms with Crippen molar-refractivity contribution in [3.8, 4) is 0 Å². The Bertz CT molecular complexity index is 416. The highest BCUT2D eigenvalue weighted by Crippen LogP contribution is 2.21. The molecule has 19 heavy (non-hydrogen) atoms. The molecule has 1 aliphatic rings. The van der Waals surface area contributed by atoms with Crippen LogP contribution in [0.3, 0.4) is 0 Å². The SMILES string of the molecule is CCN1CCN(C(=O)CSc2ccc(Br)cc2)CC1. The van der Waals surface area contributed by atoms with Crippen molar-refractivity contribution < 1.29 is 4.79 Å². The van der Waals surface area contributed by atoms with Gasteiger partial charge in [-0.25, -0.2) is 0 Å². The average molecular weight is 343 g/mol. The summed E-state index contributed by atoms with van der Waals surface area (Å²) in [6.07, 6.45) is 0.